The number of allylic oxidation sites excluding steroid dienone is 3. The van der Waals surface area contributed by atoms with E-state index in [1.54, 1.807) is 7.05 Å². The van der Waals surface area contributed by atoms with E-state index in [0.29, 0.717) is 0 Å². The minimum Gasteiger partial charge on any atom is -0.484 e. The van der Waals surface area contributed by atoms with E-state index in [1.165, 1.54) is 0 Å². The molecule has 0 atom stereocenters. The third-order valence-corrected chi connectivity index (χ3v) is 1.61. The molecule has 0 bridgehead atoms. The van der Waals surface area contributed by atoms with Crippen LogP contribution in [0.25, 0.3) is 0 Å². The van der Waals surface area contributed by atoms with Crippen LogP contribution in [0.3, 0.4) is 0 Å². The molecule has 0 saturated heterocycles. The molecule has 1 aliphatic carbocycles. The Morgan fingerprint density at radius 1 is 1.67 bits per heavy atom. The van der Waals surface area contributed by atoms with Crippen LogP contribution in [0, 0.1) is 0 Å². The average molecular weight is 167 g/mol. The van der Waals surface area contributed by atoms with Crippen molar-refractivity contribution in [1.29, 1.82) is 0 Å². The summed E-state index contributed by atoms with van der Waals surface area (Å²) >= 11 is 0. The van der Waals surface area contributed by atoms with Crippen molar-refractivity contribution in [2.45, 2.75) is 12.8 Å². The molecule has 0 heterocycles. The maximum Gasteiger partial charge on any atom is 0.257 e. The SMILES string of the molecule is CNC(=O)COC1=CCCC=C1. The van der Waals surface area contributed by atoms with Crippen LogP contribution in [0.15, 0.2) is 24.0 Å². The molecule has 1 N–H and O–H groups in total. The van der Waals surface area contributed by atoms with E-state index in [9.17, 15) is 4.79 Å². The molecule has 0 radical (unpaired) electrons. The van der Waals surface area contributed by atoms with Crippen LogP contribution < -0.4 is 5.32 Å². The van der Waals surface area contributed by atoms with E-state index in [-0.39, 0.29) is 12.5 Å². The number of hydrogen-bond acceptors (Lipinski definition) is 2. The third-order valence-electron chi connectivity index (χ3n) is 1.61. The van der Waals surface area contributed by atoms with E-state index < -0.39 is 0 Å². The highest BCUT2D eigenvalue weighted by molar-refractivity contribution is 5.76. The van der Waals surface area contributed by atoms with Gasteiger partial charge in [-0.05, 0) is 25.0 Å². The van der Waals surface area contributed by atoms with Crippen molar-refractivity contribution in [3.05, 3.63) is 24.0 Å². The second-order valence-electron chi connectivity index (χ2n) is 2.55. The lowest BCUT2D eigenvalue weighted by molar-refractivity contribution is -0.123. The summed E-state index contributed by atoms with van der Waals surface area (Å²) < 4.78 is 5.20. The van der Waals surface area contributed by atoms with Gasteiger partial charge in [-0.3, -0.25) is 4.79 Å². The van der Waals surface area contributed by atoms with Crippen LogP contribution in [0.1, 0.15) is 12.8 Å². The van der Waals surface area contributed by atoms with Gasteiger partial charge in [0.15, 0.2) is 6.61 Å². The quantitative estimate of drug-likeness (QED) is 0.680. The molecule has 0 aromatic rings. The number of carbonyl (C=O) groups is 1. The normalized spacial score (nSPS) is 15.2. The average Bonchev–Trinajstić information content (AvgIpc) is 2.16. The Kier molecular flexibility index (Phi) is 3.38. The Morgan fingerprint density at radius 2 is 2.50 bits per heavy atom. The highest BCUT2D eigenvalue weighted by Gasteiger charge is 2.01. The molecule has 0 saturated carbocycles. The molecule has 1 amide bonds. The second-order valence-corrected chi connectivity index (χ2v) is 2.55. The molecule has 0 unspecified atom stereocenters. The molecule has 0 spiro atoms. The molecular weight excluding hydrogens is 154 g/mol. The van der Waals surface area contributed by atoms with Crippen LogP contribution in [-0.4, -0.2) is 19.6 Å². The first-order valence-electron chi connectivity index (χ1n) is 4.03. The molecule has 0 fully saturated rings. The lowest BCUT2D eigenvalue weighted by Crippen LogP contribution is -2.23. The van der Waals surface area contributed by atoms with Crippen molar-refractivity contribution >= 4 is 5.91 Å². The van der Waals surface area contributed by atoms with Gasteiger partial charge < -0.3 is 10.1 Å². The van der Waals surface area contributed by atoms with E-state index in [0.717, 1.165) is 18.6 Å². The summed E-state index contributed by atoms with van der Waals surface area (Å²) in [6.45, 7) is 0.104. The summed E-state index contributed by atoms with van der Waals surface area (Å²) in [7, 11) is 1.59. The van der Waals surface area contributed by atoms with E-state index in [4.69, 9.17) is 4.74 Å². The summed E-state index contributed by atoms with van der Waals surface area (Å²) in [4.78, 5) is 10.8. The van der Waals surface area contributed by atoms with Gasteiger partial charge in [-0.25, -0.2) is 0 Å². The summed E-state index contributed by atoms with van der Waals surface area (Å²) in [5, 5.41) is 2.49. The maximum absolute atomic E-state index is 10.8. The van der Waals surface area contributed by atoms with Gasteiger partial charge in [-0.2, -0.15) is 0 Å². The van der Waals surface area contributed by atoms with Crippen molar-refractivity contribution in [3.63, 3.8) is 0 Å². The van der Waals surface area contributed by atoms with Crippen molar-refractivity contribution in [2.24, 2.45) is 0 Å². The van der Waals surface area contributed by atoms with Gasteiger partial charge in [0, 0.05) is 7.05 Å². The summed E-state index contributed by atoms with van der Waals surface area (Å²) in [5.41, 5.74) is 0. The highest BCUT2D eigenvalue weighted by atomic mass is 16.5. The van der Waals surface area contributed by atoms with Crippen LogP contribution >= 0.6 is 0 Å². The molecule has 3 nitrogen and oxygen atoms in total. The number of ether oxygens (including phenoxy) is 1. The topological polar surface area (TPSA) is 38.3 Å². The zero-order chi connectivity index (χ0) is 8.81. The Hall–Kier alpha value is -1.25. The largest absolute Gasteiger partial charge is 0.484 e. The number of nitrogens with one attached hydrogen (secondary N) is 1. The van der Waals surface area contributed by atoms with Crippen molar-refractivity contribution in [2.75, 3.05) is 13.7 Å². The fourth-order valence-electron chi connectivity index (χ4n) is 0.917. The number of likely N-dealkylation sites (N-methyl/N-ethyl adjacent to an activating group) is 1. The van der Waals surface area contributed by atoms with Gasteiger partial charge in [0.2, 0.25) is 0 Å². The number of rotatable bonds is 3. The Bertz CT molecular complexity index is 219. The van der Waals surface area contributed by atoms with Gasteiger partial charge >= 0.3 is 0 Å². The zero-order valence-electron chi connectivity index (χ0n) is 7.17. The number of amides is 1. The van der Waals surface area contributed by atoms with Crippen LogP contribution in [0.5, 0.6) is 0 Å². The van der Waals surface area contributed by atoms with E-state index in [2.05, 4.69) is 5.32 Å². The van der Waals surface area contributed by atoms with Gasteiger partial charge in [-0.15, -0.1) is 0 Å². The lowest BCUT2D eigenvalue weighted by Gasteiger charge is -2.08. The summed E-state index contributed by atoms with van der Waals surface area (Å²) in [6, 6.07) is 0. The Balaban J connectivity index is 2.27. The number of carbonyl (C=O) groups excluding carboxylic acids is 1. The predicted molar refractivity (Wildman–Crippen MR) is 46.5 cm³/mol. The fraction of sp³-hybridized carbons (Fsp3) is 0.444. The van der Waals surface area contributed by atoms with Gasteiger partial charge in [-0.1, -0.05) is 6.08 Å². The molecule has 0 aromatic carbocycles. The molecule has 1 aliphatic rings. The maximum atomic E-state index is 10.8. The molecule has 12 heavy (non-hydrogen) atoms. The molecule has 3 heteroatoms. The molecule has 0 aliphatic heterocycles. The Labute approximate surface area is 72.1 Å². The smallest absolute Gasteiger partial charge is 0.257 e. The lowest BCUT2D eigenvalue weighted by atomic mass is 10.2. The zero-order valence-corrected chi connectivity index (χ0v) is 7.17. The first kappa shape index (κ1) is 8.84. The first-order valence-corrected chi connectivity index (χ1v) is 4.03. The second kappa shape index (κ2) is 4.59. The standard InChI is InChI=1S/C9H13NO2/c1-10-9(11)7-12-8-5-3-2-4-6-8/h3,5-6H,2,4,7H2,1H3,(H,10,11). The Morgan fingerprint density at radius 3 is 3.08 bits per heavy atom. The van der Waals surface area contributed by atoms with E-state index in [1.807, 2.05) is 18.2 Å². The highest BCUT2D eigenvalue weighted by Crippen LogP contribution is 2.09. The summed E-state index contributed by atoms with van der Waals surface area (Å²) in [6.07, 6.45) is 7.99. The predicted octanol–water partition coefficient (Wildman–Crippen LogP) is 0.983. The van der Waals surface area contributed by atoms with Gasteiger partial charge in [0.1, 0.15) is 5.76 Å². The van der Waals surface area contributed by atoms with Gasteiger partial charge in [0.05, 0.1) is 0 Å². The fourth-order valence-corrected chi connectivity index (χ4v) is 0.917. The third kappa shape index (κ3) is 2.78. The molecule has 1 rings (SSSR count). The minimum atomic E-state index is -0.102. The number of hydrogen-bond donors (Lipinski definition) is 1. The van der Waals surface area contributed by atoms with E-state index >= 15 is 0 Å². The van der Waals surface area contributed by atoms with Crippen molar-refractivity contribution in [3.8, 4) is 0 Å². The van der Waals surface area contributed by atoms with Crippen molar-refractivity contribution in [1.82, 2.24) is 5.32 Å². The van der Waals surface area contributed by atoms with Crippen molar-refractivity contribution < 1.29 is 9.53 Å². The summed E-state index contributed by atoms with van der Waals surface area (Å²) in [5.74, 6) is 0.694. The minimum absolute atomic E-state index is 0.102. The van der Waals surface area contributed by atoms with Crippen LogP contribution in [0.2, 0.25) is 0 Å². The molecular formula is C9H13NO2. The monoisotopic (exact) mass is 167 g/mol. The molecule has 66 valence electrons. The van der Waals surface area contributed by atoms with Crippen LogP contribution in [-0.2, 0) is 9.53 Å². The first-order chi connectivity index (χ1) is 5.83. The van der Waals surface area contributed by atoms with Gasteiger partial charge in [0.25, 0.3) is 5.91 Å². The molecule has 0 aromatic heterocycles. The van der Waals surface area contributed by atoms with Crippen LogP contribution in [0.4, 0.5) is 0 Å².